The molecule has 1 N–H and O–H groups in total. The van der Waals surface area contributed by atoms with Gasteiger partial charge in [0.05, 0.1) is 11.1 Å². The third-order valence-corrected chi connectivity index (χ3v) is 7.27. The van der Waals surface area contributed by atoms with Crippen LogP contribution in [0.1, 0.15) is 34.4 Å². The van der Waals surface area contributed by atoms with Gasteiger partial charge in [-0.25, -0.2) is 4.98 Å². The summed E-state index contributed by atoms with van der Waals surface area (Å²) in [5, 5.41) is 1.28. The highest BCUT2D eigenvalue weighted by molar-refractivity contribution is 7.99. The molecule has 0 atom stereocenters. The van der Waals surface area contributed by atoms with Crippen molar-refractivity contribution in [3.63, 3.8) is 0 Å². The summed E-state index contributed by atoms with van der Waals surface area (Å²) in [4.78, 5) is 36.4. The Labute approximate surface area is 172 Å². The molecular formula is C21H23N3O2S2. The number of H-pyrrole nitrogens is 1. The van der Waals surface area contributed by atoms with Gasteiger partial charge in [-0.1, -0.05) is 36.0 Å². The topological polar surface area (TPSA) is 66.1 Å². The summed E-state index contributed by atoms with van der Waals surface area (Å²) in [5.74, 6) is 0.267. The van der Waals surface area contributed by atoms with Crippen LogP contribution in [0.2, 0.25) is 0 Å². The van der Waals surface area contributed by atoms with Gasteiger partial charge in [-0.3, -0.25) is 9.59 Å². The number of aromatic amines is 1. The van der Waals surface area contributed by atoms with Gasteiger partial charge in [-0.05, 0) is 49.3 Å². The zero-order chi connectivity index (χ0) is 19.7. The third-order valence-electron chi connectivity index (χ3n) is 5.23. The highest BCUT2D eigenvalue weighted by Gasteiger charge is 2.20. The number of fused-ring (bicyclic) bond motifs is 3. The minimum Gasteiger partial charge on any atom is -0.341 e. The first-order chi connectivity index (χ1) is 13.5. The minimum absolute atomic E-state index is 0.0153. The number of thiophene rings is 1. The van der Waals surface area contributed by atoms with Crippen LogP contribution in [0.3, 0.4) is 0 Å². The Morgan fingerprint density at radius 3 is 2.89 bits per heavy atom. The number of nitrogens with zero attached hydrogens (tertiary/aromatic N) is 2. The Bertz CT molecular complexity index is 1090. The first kappa shape index (κ1) is 19.2. The first-order valence-electron chi connectivity index (χ1n) is 9.49. The van der Waals surface area contributed by atoms with Gasteiger partial charge >= 0.3 is 0 Å². The highest BCUT2D eigenvalue weighted by atomic mass is 32.2. The fraction of sp³-hybridized carbons (Fsp3) is 0.381. The van der Waals surface area contributed by atoms with E-state index in [-0.39, 0.29) is 17.2 Å². The summed E-state index contributed by atoms with van der Waals surface area (Å²) in [6.07, 6.45) is 4.33. The second kappa shape index (κ2) is 8.09. The Balaban J connectivity index is 1.46. The third kappa shape index (κ3) is 3.86. The van der Waals surface area contributed by atoms with E-state index in [9.17, 15) is 9.59 Å². The molecule has 5 nitrogen and oxygen atoms in total. The smallest absolute Gasteiger partial charge is 0.260 e. The number of aromatic nitrogens is 2. The fourth-order valence-corrected chi connectivity index (χ4v) is 5.71. The van der Waals surface area contributed by atoms with Crippen LogP contribution >= 0.6 is 23.1 Å². The van der Waals surface area contributed by atoms with Crippen LogP contribution in [0.15, 0.2) is 34.2 Å². The van der Waals surface area contributed by atoms with Crippen molar-refractivity contribution in [1.29, 1.82) is 0 Å². The Morgan fingerprint density at radius 1 is 1.29 bits per heavy atom. The summed E-state index contributed by atoms with van der Waals surface area (Å²) in [7, 11) is 1.81. The number of hydrogen-bond acceptors (Lipinski definition) is 5. The average molecular weight is 414 g/mol. The molecule has 0 spiro atoms. The summed E-state index contributed by atoms with van der Waals surface area (Å²) in [5.41, 5.74) is 3.42. The van der Waals surface area contributed by atoms with E-state index in [4.69, 9.17) is 0 Å². The van der Waals surface area contributed by atoms with E-state index >= 15 is 0 Å². The predicted octanol–water partition coefficient (Wildman–Crippen LogP) is 3.92. The molecule has 3 aromatic rings. The van der Waals surface area contributed by atoms with Crippen molar-refractivity contribution in [3.8, 4) is 0 Å². The van der Waals surface area contributed by atoms with Crippen molar-refractivity contribution >= 4 is 39.2 Å². The van der Waals surface area contributed by atoms with Gasteiger partial charge in [0.1, 0.15) is 4.83 Å². The zero-order valence-corrected chi connectivity index (χ0v) is 17.7. The molecule has 0 saturated carbocycles. The lowest BCUT2D eigenvalue weighted by Crippen LogP contribution is -2.28. The van der Waals surface area contributed by atoms with Gasteiger partial charge < -0.3 is 9.88 Å². The summed E-state index contributed by atoms with van der Waals surface area (Å²) in [6, 6.07) is 8.07. The quantitative estimate of drug-likeness (QED) is 0.509. The number of hydrogen-bond donors (Lipinski definition) is 1. The number of thioether (sulfide) groups is 1. The van der Waals surface area contributed by atoms with E-state index in [0.717, 1.165) is 35.0 Å². The van der Waals surface area contributed by atoms with Gasteiger partial charge in [-0.15, -0.1) is 11.3 Å². The van der Waals surface area contributed by atoms with Crippen molar-refractivity contribution in [2.24, 2.45) is 0 Å². The molecule has 0 unspecified atom stereocenters. The molecule has 4 rings (SSSR count). The Kier molecular flexibility index (Phi) is 5.55. The maximum Gasteiger partial charge on any atom is 0.260 e. The van der Waals surface area contributed by atoms with Crippen molar-refractivity contribution in [1.82, 2.24) is 14.9 Å². The summed E-state index contributed by atoms with van der Waals surface area (Å²) >= 11 is 2.93. The van der Waals surface area contributed by atoms with E-state index in [1.807, 2.05) is 38.2 Å². The minimum atomic E-state index is -0.0763. The van der Waals surface area contributed by atoms with Crippen LogP contribution in [-0.4, -0.2) is 33.6 Å². The molecule has 1 aromatic carbocycles. The molecule has 1 aliphatic rings. The molecule has 1 aliphatic carbocycles. The first-order valence-corrected chi connectivity index (χ1v) is 11.3. The zero-order valence-electron chi connectivity index (χ0n) is 16.1. The van der Waals surface area contributed by atoms with Crippen LogP contribution in [0.25, 0.3) is 10.2 Å². The molecule has 0 radical (unpaired) electrons. The van der Waals surface area contributed by atoms with Crippen molar-refractivity contribution in [3.05, 3.63) is 56.2 Å². The van der Waals surface area contributed by atoms with Crippen LogP contribution in [0, 0.1) is 6.92 Å². The molecule has 0 fully saturated rings. The highest BCUT2D eigenvalue weighted by Crippen LogP contribution is 2.34. The maximum atomic E-state index is 12.6. The maximum absolute atomic E-state index is 12.6. The summed E-state index contributed by atoms with van der Waals surface area (Å²) < 4.78 is 0. The second-order valence-corrected chi connectivity index (χ2v) is 9.27. The van der Waals surface area contributed by atoms with Gasteiger partial charge in [0.25, 0.3) is 5.56 Å². The lowest BCUT2D eigenvalue weighted by molar-refractivity contribution is -0.127. The Hall–Kier alpha value is -2.12. The standard InChI is InChI=1S/C21H23N3O2S2/c1-13-7-3-4-8-14(13)11-24(2)17(25)12-27-21-22-19(26)18-15-9-5-6-10-16(15)28-20(18)23-21/h3-4,7-8H,5-6,9-12H2,1-2H3,(H,22,23,26). The van der Waals surface area contributed by atoms with Crippen LogP contribution in [-0.2, 0) is 24.2 Å². The molecule has 146 valence electrons. The normalized spacial score (nSPS) is 13.5. The van der Waals surface area contributed by atoms with Crippen LogP contribution < -0.4 is 5.56 Å². The number of benzene rings is 1. The van der Waals surface area contributed by atoms with E-state index < -0.39 is 0 Å². The molecule has 1 amide bonds. The molecular weight excluding hydrogens is 390 g/mol. The van der Waals surface area contributed by atoms with E-state index in [2.05, 4.69) is 9.97 Å². The molecule has 0 saturated heterocycles. The number of carbonyl (C=O) groups excluding carboxylic acids is 1. The Morgan fingerprint density at radius 2 is 2.07 bits per heavy atom. The molecule has 28 heavy (non-hydrogen) atoms. The molecule has 0 bridgehead atoms. The summed E-state index contributed by atoms with van der Waals surface area (Å²) in [6.45, 7) is 2.62. The second-order valence-electron chi connectivity index (χ2n) is 7.23. The van der Waals surface area contributed by atoms with Gasteiger partial charge in [0.15, 0.2) is 5.16 Å². The van der Waals surface area contributed by atoms with Crippen LogP contribution in [0.5, 0.6) is 0 Å². The van der Waals surface area contributed by atoms with Gasteiger partial charge in [-0.2, -0.15) is 0 Å². The SMILES string of the molecule is Cc1ccccc1CN(C)C(=O)CSc1nc2sc3c(c2c(=O)[nH]1)CCCC3. The monoisotopic (exact) mass is 413 g/mol. The van der Waals surface area contributed by atoms with E-state index in [0.29, 0.717) is 11.7 Å². The average Bonchev–Trinajstić information content (AvgIpc) is 3.06. The van der Waals surface area contributed by atoms with Crippen molar-refractivity contribution in [2.45, 2.75) is 44.3 Å². The predicted molar refractivity (Wildman–Crippen MR) is 115 cm³/mol. The van der Waals surface area contributed by atoms with Crippen molar-refractivity contribution in [2.75, 3.05) is 12.8 Å². The largest absolute Gasteiger partial charge is 0.341 e. The molecule has 7 heteroatoms. The van der Waals surface area contributed by atoms with E-state index in [1.165, 1.54) is 34.2 Å². The lowest BCUT2D eigenvalue weighted by atomic mass is 9.97. The van der Waals surface area contributed by atoms with Crippen molar-refractivity contribution < 1.29 is 4.79 Å². The number of rotatable bonds is 5. The van der Waals surface area contributed by atoms with Crippen LogP contribution in [0.4, 0.5) is 0 Å². The molecule has 2 heterocycles. The van der Waals surface area contributed by atoms with Gasteiger partial charge in [0.2, 0.25) is 5.91 Å². The number of nitrogens with one attached hydrogen (secondary N) is 1. The van der Waals surface area contributed by atoms with Gasteiger partial charge in [0, 0.05) is 18.5 Å². The molecule has 0 aliphatic heterocycles. The van der Waals surface area contributed by atoms with E-state index in [1.54, 1.807) is 16.2 Å². The lowest BCUT2D eigenvalue weighted by Gasteiger charge is -2.18. The number of amides is 1. The number of carbonyl (C=O) groups is 1. The number of aryl methyl sites for hydroxylation is 3. The fourth-order valence-electron chi connectivity index (χ4n) is 3.58. The molecule has 2 aromatic heterocycles.